The monoisotopic (exact) mass is 239 g/mol. The minimum atomic E-state index is -0.278. The van der Waals surface area contributed by atoms with Gasteiger partial charge in [-0.05, 0) is 19.2 Å². The van der Waals surface area contributed by atoms with Crippen LogP contribution in [0.4, 0.5) is 0 Å². The summed E-state index contributed by atoms with van der Waals surface area (Å²) in [5.41, 5.74) is 0. The lowest BCUT2D eigenvalue weighted by atomic mass is 10.4. The van der Waals surface area contributed by atoms with Crippen LogP contribution in [0.1, 0.15) is 17.0 Å². The molecule has 1 rings (SSSR count). The Hall–Kier alpha value is -1.82. The third kappa shape index (κ3) is 5.17. The Morgan fingerprint density at radius 1 is 1.24 bits per heavy atom. The van der Waals surface area contributed by atoms with E-state index in [-0.39, 0.29) is 17.6 Å². The average Bonchev–Trinajstić information content (AvgIpc) is 2.85. The first kappa shape index (κ1) is 13.2. The third-order valence-electron chi connectivity index (χ3n) is 2.08. The normalized spacial score (nSPS) is 9.94. The highest BCUT2D eigenvalue weighted by atomic mass is 16.3. The summed E-state index contributed by atoms with van der Waals surface area (Å²) in [6.45, 7) is 1.43. The van der Waals surface area contributed by atoms with Crippen molar-refractivity contribution in [3.8, 4) is 0 Å². The molecule has 0 spiro atoms. The molecule has 0 atom stereocenters. The van der Waals surface area contributed by atoms with Crippen molar-refractivity contribution in [2.24, 2.45) is 0 Å². The van der Waals surface area contributed by atoms with E-state index < -0.39 is 0 Å². The molecule has 17 heavy (non-hydrogen) atoms. The molecule has 0 saturated heterocycles. The summed E-state index contributed by atoms with van der Waals surface area (Å²) in [5.74, 6) is -0.0439. The van der Waals surface area contributed by atoms with Gasteiger partial charge in [-0.2, -0.15) is 0 Å². The Labute approximate surface area is 99.8 Å². The summed E-state index contributed by atoms with van der Waals surface area (Å²) in [4.78, 5) is 22.6. The Bertz CT molecular complexity index is 349. The van der Waals surface area contributed by atoms with Crippen LogP contribution in [0, 0.1) is 0 Å². The van der Waals surface area contributed by atoms with E-state index in [1.165, 1.54) is 6.26 Å². The summed E-state index contributed by atoms with van der Waals surface area (Å²) in [6.07, 6.45) is 1.87. The molecule has 6 heteroatoms. The zero-order valence-electron chi connectivity index (χ0n) is 9.79. The van der Waals surface area contributed by atoms with Crippen molar-refractivity contribution in [1.82, 2.24) is 16.0 Å². The number of rotatable bonds is 7. The van der Waals surface area contributed by atoms with Crippen LogP contribution in [0.5, 0.6) is 0 Å². The highest BCUT2D eigenvalue weighted by Gasteiger charge is 2.06. The zero-order chi connectivity index (χ0) is 12.5. The van der Waals surface area contributed by atoms with Gasteiger partial charge in [0.2, 0.25) is 5.91 Å². The summed E-state index contributed by atoms with van der Waals surface area (Å²) >= 11 is 0. The van der Waals surface area contributed by atoms with Crippen LogP contribution in [-0.4, -0.2) is 38.5 Å². The predicted molar refractivity (Wildman–Crippen MR) is 62.6 cm³/mol. The Kier molecular flexibility index (Phi) is 5.81. The summed E-state index contributed by atoms with van der Waals surface area (Å²) in [5, 5.41) is 8.21. The minimum Gasteiger partial charge on any atom is -0.459 e. The van der Waals surface area contributed by atoms with E-state index in [0.717, 1.165) is 0 Å². The van der Waals surface area contributed by atoms with E-state index in [0.29, 0.717) is 26.1 Å². The van der Waals surface area contributed by atoms with Crippen molar-refractivity contribution in [2.75, 3.05) is 26.7 Å². The standard InChI is InChI=1S/C11H17N3O3/c1-12-5-4-10(15)13-6-7-14-11(16)9-3-2-8-17-9/h2-3,8,12H,4-7H2,1H3,(H,13,15)(H,14,16). The van der Waals surface area contributed by atoms with Crippen molar-refractivity contribution < 1.29 is 14.0 Å². The maximum absolute atomic E-state index is 11.4. The molecule has 0 radical (unpaired) electrons. The molecule has 2 amide bonds. The summed E-state index contributed by atoms with van der Waals surface area (Å²) in [6, 6.07) is 3.23. The number of furan rings is 1. The molecule has 0 fully saturated rings. The van der Waals surface area contributed by atoms with Crippen LogP contribution >= 0.6 is 0 Å². The fourth-order valence-corrected chi connectivity index (χ4v) is 1.20. The van der Waals surface area contributed by atoms with Gasteiger partial charge in [-0.1, -0.05) is 0 Å². The van der Waals surface area contributed by atoms with Crippen molar-refractivity contribution in [2.45, 2.75) is 6.42 Å². The molecular formula is C11H17N3O3. The molecule has 1 aromatic heterocycles. The van der Waals surface area contributed by atoms with E-state index in [1.54, 1.807) is 19.2 Å². The number of hydrogen-bond acceptors (Lipinski definition) is 4. The summed E-state index contributed by atoms with van der Waals surface area (Å²) < 4.78 is 4.92. The van der Waals surface area contributed by atoms with E-state index in [2.05, 4.69) is 16.0 Å². The largest absolute Gasteiger partial charge is 0.459 e. The van der Waals surface area contributed by atoms with Crippen molar-refractivity contribution in [3.05, 3.63) is 24.2 Å². The fourth-order valence-electron chi connectivity index (χ4n) is 1.20. The van der Waals surface area contributed by atoms with E-state index in [4.69, 9.17) is 4.42 Å². The number of nitrogens with one attached hydrogen (secondary N) is 3. The first-order chi connectivity index (χ1) is 8.24. The quantitative estimate of drug-likeness (QED) is 0.572. The van der Waals surface area contributed by atoms with E-state index >= 15 is 0 Å². The molecule has 94 valence electrons. The molecule has 6 nitrogen and oxygen atoms in total. The molecule has 0 aliphatic carbocycles. The first-order valence-corrected chi connectivity index (χ1v) is 5.47. The zero-order valence-corrected chi connectivity index (χ0v) is 9.79. The van der Waals surface area contributed by atoms with Gasteiger partial charge in [0.05, 0.1) is 6.26 Å². The van der Waals surface area contributed by atoms with Gasteiger partial charge in [-0.15, -0.1) is 0 Å². The van der Waals surface area contributed by atoms with Crippen LogP contribution in [-0.2, 0) is 4.79 Å². The average molecular weight is 239 g/mol. The molecule has 1 aromatic rings. The molecule has 0 aromatic carbocycles. The van der Waals surface area contributed by atoms with Crippen LogP contribution < -0.4 is 16.0 Å². The molecule has 0 saturated carbocycles. The van der Waals surface area contributed by atoms with Crippen LogP contribution in [0.3, 0.4) is 0 Å². The van der Waals surface area contributed by atoms with Gasteiger partial charge in [0.25, 0.3) is 5.91 Å². The van der Waals surface area contributed by atoms with Gasteiger partial charge in [0.1, 0.15) is 0 Å². The highest BCUT2D eigenvalue weighted by Crippen LogP contribution is 1.98. The smallest absolute Gasteiger partial charge is 0.287 e. The van der Waals surface area contributed by atoms with Gasteiger partial charge in [-0.3, -0.25) is 9.59 Å². The number of amides is 2. The number of carbonyl (C=O) groups excluding carboxylic acids is 2. The van der Waals surface area contributed by atoms with Crippen molar-refractivity contribution in [1.29, 1.82) is 0 Å². The first-order valence-electron chi connectivity index (χ1n) is 5.47. The van der Waals surface area contributed by atoms with Crippen LogP contribution in [0.2, 0.25) is 0 Å². The predicted octanol–water partition coefficient (Wildman–Crippen LogP) is -0.265. The second kappa shape index (κ2) is 7.45. The Morgan fingerprint density at radius 3 is 2.65 bits per heavy atom. The Balaban J connectivity index is 2.08. The topological polar surface area (TPSA) is 83.4 Å². The van der Waals surface area contributed by atoms with Gasteiger partial charge in [-0.25, -0.2) is 0 Å². The Morgan fingerprint density at radius 2 is 2.00 bits per heavy atom. The fraction of sp³-hybridized carbons (Fsp3) is 0.455. The summed E-state index contributed by atoms with van der Waals surface area (Å²) in [7, 11) is 1.79. The van der Waals surface area contributed by atoms with Crippen LogP contribution in [0.25, 0.3) is 0 Å². The van der Waals surface area contributed by atoms with Crippen molar-refractivity contribution in [3.63, 3.8) is 0 Å². The molecule has 0 aliphatic heterocycles. The van der Waals surface area contributed by atoms with Crippen molar-refractivity contribution >= 4 is 11.8 Å². The lowest BCUT2D eigenvalue weighted by molar-refractivity contribution is -0.120. The van der Waals surface area contributed by atoms with E-state index in [9.17, 15) is 9.59 Å². The van der Waals surface area contributed by atoms with Crippen LogP contribution in [0.15, 0.2) is 22.8 Å². The van der Waals surface area contributed by atoms with E-state index in [1.807, 2.05) is 0 Å². The minimum absolute atomic E-state index is 0.0356. The maximum Gasteiger partial charge on any atom is 0.287 e. The SMILES string of the molecule is CNCCC(=O)NCCNC(=O)c1ccco1. The lowest BCUT2D eigenvalue weighted by Gasteiger charge is -2.05. The molecule has 3 N–H and O–H groups in total. The second-order valence-electron chi connectivity index (χ2n) is 3.44. The van der Waals surface area contributed by atoms with Gasteiger partial charge in [0, 0.05) is 26.1 Å². The third-order valence-corrected chi connectivity index (χ3v) is 2.08. The molecule has 0 aliphatic rings. The highest BCUT2D eigenvalue weighted by molar-refractivity contribution is 5.91. The maximum atomic E-state index is 11.4. The van der Waals surface area contributed by atoms with Gasteiger partial charge in [0.15, 0.2) is 5.76 Å². The molecular weight excluding hydrogens is 222 g/mol. The molecule has 0 unspecified atom stereocenters. The molecule has 0 bridgehead atoms. The lowest BCUT2D eigenvalue weighted by Crippen LogP contribution is -2.35. The van der Waals surface area contributed by atoms with Gasteiger partial charge < -0.3 is 20.4 Å². The number of hydrogen-bond donors (Lipinski definition) is 3. The molecule has 1 heterocycles. The second-order valence-corrected chi connectivity index (χ2v) is 3.44. The van der Waals surface area contributed by atoms with Gasteiger partial charge >= 0.3 is 0 Å². The number of carbonyl (C=O) groups is 2.